The van der Waals surface area contributed by atoms with E-state index in [4.69, 9.17) is 4.74 Å². The van der Waals surface area contributed by atoms with Gasteiger partial charge >= 0.3 is 0 Å². The highest BCUT2D eigenvalue weighted by Crippen LogP contribution is 2.27. The lowest BCUT2D eigenvalue weighted by Gasteiger charge is -2.10. The number of hydrogen-bond acceptors (Lipinski definition) is 4. The van der Waals surface area contributed by atoms with Crippen LogP contribution in [-0.2, 0) is 34.1 Å². The third-order valence-electron chi connectivity index (χ3n) is 4.74. The van der Waals surface area contributed by atoms with Gasteiger partial charge in [0, 0.05) is 12.2 Å². The predicted octanol–water partition coefficient (Wildman–Crippen LogP) is 2.03. The molecule has 1 aliphatic carbocycles. The number of rotatable bonds is 6. The molecule has 2 N–H and O–H groups in total. The Kier molecular flexibility index (Phi) is 4.42. The SMILES string of the molecule is O=C1Cc2cc(S(=O)(=O)NCCOc3ccc4c(c3)CCC4)ccc2N1. The van der Waals surface area contributed by atoms with Gasteiger partial charge in [-0.15, -0.1) is 0 Å². The van der Waals surface area contributed by atoms with E-state index in [2.05, 4.69) is 16.1 Å². The molecule has 4 rings (SSSR count). The van der Waals surface area contributed by atoms with Crippen LogP contribution in [0.1, 0.15) is 23.1 Å². The van der Waals surface area contributed by atoms with Gasteiger partial charge in [0.15, 0.2) is 0 Å². The zero-order valence-corrected chi connectivity index (χ0v) is 15.1. The number of nitrogens with one attached hydrogen (secondary N) is 2. The summed E-state index contributed by atoms with van der Waals surface area (Å²) in [5, 5.41) is 2.69. The van der Waals surface area contributed by atoms with Crippen molar-refractivity contribution in [1.82, 2.24) is 4.72 Å². The largest absolute Gasteiger partial charge is 0.492 e. The molecule has 0 saturated heterocycles. The average Bonchev–Trinajstić information content (AvgIpc) is 3.22. The molecular formula is C19H20N2O4S. The summed E-state index contributed by atoms with van der Waals surface area (Å²) in [6, 6.07) is 10.7. The Bertz CT molecular complexity index is 969. The van der Waals surface area contributed by atoms with Crippen molar-refractivity contribution in [2.24, 2.45) is 0 Å². The van der Waals surface area contributed by atoms with Crippen LogP contribution >= 0.6 is 0 Å². The average molecular weight is 372 g/mol. The van der Waals surface area contributed by atoms with Crippen molar-refractivity contribution in [3.8, 4) is 5.75 Å². The Morgan fingerprint density at radius 1 is 1.04 bits per heavy atom. The molecule has 0 fully saturated rings. The van der Waals surface area contributed by atoms with Gasteiger partial charge in [-0.05, 0) is 66.3 Å². The minimum absolute atomic E-state index is 0.120. The van der Waals surface area contributed by atoms with E-state index < -0.39 is 10.0 Å². The third kappa shape index (κ3) is 3.45. The Labute approximate surface area is 152 Å². The molecule has 0 radical (unpaired) electrons. The smallest absolute Gasteiger partial charge is 0.240 e. The molecule has 2 aromatic rings. The summed E-state index contributed by atoms with van der Waals surface area (Å²) in [5.74, 6) is 0.650. The van der Waals surface area contributed by atoms with E-state index in [1.54, 1.807) is 6.07 Å². The molecule has 0 aromatic heterocycles. The second-order valence-electron chi connectivity index (χ2n) is 6.57. The summed E-state index contributed by atoms with van der Waals surface area (Å²) >= 11 is 0. The van der Waals surface area contributed by atoms with Crippen molar-refractivity contribution < 1.29 is 17.9 Å². The standard InChI is InChI=1S/C19H20N2O4S/c22-19-12-15-11-17(6-7-18(15)21-19)26(23,24)20-8-9-25-16-5-4-13-2-1-3-14(13)10-16/h4-7,10-11,20H,1-3,8-9,12H2,(H,21,22). The van der Waals surface area contributed by atoms with Gasteiger partial charge in [0.2, 0.25) is 15.9 Å². The topological polar surface area (TPSA) is 84.5 Å². The molecule has 0 saturated carbocycles. The molecular weight excluding hydrogens is 352 g/mol. The number of anilines is 1. The number of carbonyl (C=O) groups excluding carboxylic acids is 1. The zero-order chi connectivity index (χ0) is 18.1. The molecule has 7 heteroatoms. The lowest BCUT2D eigenvalue weighted by atomic mass is 10.1. The van der Waals surface area contributed by atoms with E-state index in [1.807, 2.05) is 12.1 Å². The van der Waals surface area contributed by atoms with Crippen LogP contribution in [0.3, 0.4) is 0 Å². The minimum Gasteiger partial charge on any atom is -0.492 e. The first-order valence-corrected chi connectivity index (χ1v) is 10.2. The fourth-order valence-corrected chi connectivity index (χ4v) is 4.50. The van der Waals surface area contributed by atoms with Gasteiger partial charge in [0.25, 0.3) is 0 Å². The van der Waals surface area contributed by atoms with Crippen LogP contribution < -0.4 is 14.8 Å². The summed E-state index contributed by atoms with van der Waals surface area (Å²) in [7, 11) is -3.63. The summed E-state index contributed by atoms with van der Waals surface area (Å²) in [5.41, 5.74) is 4.08. The molecule has 1 aliphatic heterocycles. The number of fused-ring (bicyclic) bond motifs is 2. The number of sulfonamides is 1. The Morgan fingerprint density at radius 2 is 1.88 bits per heavy atom. The lowest BCUT2D eigenvalue weighted by Crippen LogP contribution is -2.28. The van der Waals surface area contributed by atoms with Gasteiger partial charge in [-0.3, -0.25) is 4.79 Å². The van der Waals surface area contributed by atoms with Crippen molar-refractivity contribution in [2.45, 2.75) is 30.6 Å². The quantitative estimate of drug-likeness (QED) is 0.760. The summed E-state index contributed by atoms with van der Waals surface area (Å²) in [6.45, 7) is 0.427. The monoisotopic (exact) mass is 372 g/mol. The Balaban J connectivity index is 1.34. The van der Waals surface area contributed by atoms with E-state index in [-0.39, 0.29) is 30.4 Å². The molecule has 26 heavy (non-hydrogen) atoms. The van der Waals surface area contributed by atoms with Crippen LogP contribution in [0, 0.1) is 0 Å². The number of carbonyl (C=O) groups is 1. The summed E-state index contributed by atoms with van der Waals surface area (Å²) in [6.07, 6.45) is 3.59. The molecule has 2 aliphatic rings. The number of ether oxygens (including phenoxy) is 1. The van der Waals surface area contributed by atoms with E-state index in [0.29, 0.717) is 11.3 Å². The fraction of sp³-hybridized carbons (Fsp3) is 0.316. The van der Waals surface area contributed by atoms with Crippen LogP contribution in [0.4, 0.5) is 5.69 Å². The van der Waals surface area contributed by atoms with Crippen molar-refractivity contribution in [3.63, 3.8) is 0 Å². The first-order chi connectivity index (χ1) is 12.5. The van der Waals surface area contributed by atoms with Crippen LogP contribution in [0.5, 0.6) is 5.75 Å². The van der Waals surface area contributed by atoms with E-state index in [9.17, 15) is 13.2 Å². The Hall–Kier alpha value is -2.38. The highest BCUT2D eigenvalue weighted by atomic mass is 32.2. The highest BCUT2D eigenvalue weighted by Gasteiger charge is 2.21. The number of aryl methyl sites for hydroxylation is 2. The molecule has 0 spiro atoms. The maximum Gasteiger partial charge on any atom is 0.240 e. The number of benzene rings is 2. The molecule has 2 aromatic carbocycles. The highest BCUT2D eigenvalue weighted by molar-refractivity contribution is 7.89. The number of amides is 1. The molecule has 136 valence electrons. The molecule has 6 nitrogen and oxygen atoms in total. The normalized spacial score (nSPS) is 15.5. The summed E-state index contributed by atoms with van der Waals surface area (Å²) in [4.78, 5) is 11.5. The van der Waals surface area contributed by atoms with Crippen LogP contribution in [0.15, 0.2) is 41.3 Å². The molecule has 0 bridgehead atoms. The first kappa shape index (κ1) is 17.1. The van der Waals surface area contributed by atoms with Crippen molar-refractivity contribution in [3.05, 3.63) is 53.1 Å². The van der Waals surface area contributed by atoms with E-state index in [1.165, 1.54) is 29.7 Å². The van der Waals surface area contributed by atoms with Gasteiger partial charge in [0.05, 0.1) is 11.3 Å². The van der Waals surface area contributed by atoms with Crippen LogP contribution in [-0.4, -0.2) is 27.5 Å². The predicted molar refractivity (Wildman–Crippen MR) is 97.9 cm³/mol. The summed E-state index contributed by atoms with van der Waals surface area (Å²) < 4.78 is 33.0. The zero-order valence-electron chi connectivity index (χ0n) is 14.2. The molecule has 1 heterocycles. The van der Waals surface area contributed by atoms with Gasteiger partial charge < -0.3 is 10.1 Å². The van der Waals surface area contributed by atoms with E-state index in [0.717, 1.165) is 18.6 Å². The third-order valence-corrected chi connectivity index (χ3v) is 6.20. The Morgan fingerprint density at radius 3 is 2.77 bits per heavy atom. The molecule has 0 unspecified atom stereocenters. The lowest BCUT2D eigenvalue weighted by molar-refractivity contribution is -0.115. The minimum atomic E-state index is -3.63. The van der Waals surface area contributed by atoms with Gasteiger partial charge in [0.1, 0.15) is 12.4 Å². The second kappa shape index (κ2) is 6.74. The second-order valence-corrected chi connectivity index (χ2v) is 8.34. The van der Waals surface area contributed by atoms with E-state index >= 15 is 0 Å². The van der Waals surface area contributed by atoms with Crippen molar-refractivity contribution in [1.29, 1.82) is 0 Å². The number of hydrogen-bond donors (Lipinski definition) is 2. The van der Waals surface area contributed by atoms with Crippen LogP contribution in [0.25, 0.3) is 0 Å². The molecule has 1 amide bonds. The van der Waals surface area contributed by atoms with Gasteiger partial charge in [-0.1, -0.05) is 6.07 Å². The van der Waals surface area contributed by atoms with Gasteiger partial charge in [-0.2, -0.15) is 0 Å². The van der Waals surface area contributed by atoms with Gasteiger partial charge in [-0.25, -0.2) is 13.1 Å². The van der Waals surface area contributed by atoms with Crippen molar-refractivity contribution >= 4 is 21.6 Å². The van der Waals surface area contributed by atoms with Crippen molar-refractivity contribution in [2.75, 3.05) is 18.5 Å². The maximum absolute atomic E-state index is 12.4. The maximum atomic E-state index is 12.4. The van der Waals surface area contributed by atoms with Crippen LogP contribution in [0.2, 0.25) is 0 Å². The first-order valence-electron chi connectivity index (χ1n) is 8.68. The fourth-order valence-electron chi connectivity index (χ4n) is 3.44. The molecule has 0 atom stereocenters.